The molecular formula is C18H21NOS. The molecule has 0 saturated heterocycles. The molecule has 2 nitrogen and oxygen atoms in total. The summed E-state index contributed by atoms with van der Waals surface area (Å²) in [7, 11) is 0. The van der Waals surface area contributed by atoms with E-state index in [0.29, 0.717) is 6.42 Å². The van der Waals surface area contributed by atoms with E-state index in [-0.39, 0.29) is 5.91 Å². The number of hydrogen-bond donors (Lipinski definition) is 1. The van der Waals surface area contributed by atoms with Gasteiger partial charge in [-0.3, -0.25) is 4.79 Å². The van der Waals surface area contributed by atoms with Gasteiger partial charge >= 0.3 is 0 Å². The maximum atomic E-state index is 11.9. The Morgan fingerprint density at radius 1 is 1.14 bits per heavy atom. The molecule has 110 valence electrons. The Morgan fingerprint density at radius 2 is 1.90 bits per heavy atom. The van der Waals surface area contributed by atoms with Gasteiger partial charge in [0, 0.05) is 17.0 Å². The first-order valence-electron chi connectivity index (χ1n) is 7.17. The second-order valence-electron chi connectivity index (χ2n) is 5.12. The molecule has 0 spiro atoms. The van der Waals surface area contributed by atoms with E-state index >= 15 is 0 Å². The molecule has 2 aromatic rings. The lowest BCUT2D eigenvalue weighted by Crippen LogP contribution is -2.11. The van der Waals surface area contributed by atoms with Crippen LogP contribution >= 0.6 is 11.8 Å². The predicted molar refractivity (Wildman–Crippen MR) is 91.0 cm³/mol. The minimum Gasteiger partial charge on any atom is -0.326 e. The quantitative estimate of drug-likeness (QED) is 0.785. The highest BCUT2D eigenvalue weighted by Gasteiger charge is 2.03. The second-order valence-corrected chi connectivity index (χ2v) is 6.00. The van der Waals surface area contributed by atoms with Crippen molar-refractivity contribution < 1.29 is 4.79 Å². The van der Waals surface area contributed by atoms with Crippen LogP contribution in [-0.2, 0) is 11.2 Å². The van der Waals surface area contributed by atoms with Crippen LogP contribution in [0.15, 0.2) is 53.4 Å². The SMILES string of the molecule is CSc1cccc(NC(=O)CCCc2ccc(C)cc2)c1. The first-order valence-corrected chi connectivity index (χ1v) is 8.39. The van der Waals surface area contributed by atoms with Gasteiger partial charge in [0.05, 0.1) is 0 Å². The average molecular weight is 299 g/mol. The minimum absolute atomic E-state index is 0.0837. The third-order valence-electron chi connectivity index (χ3n) is 3.34. The van der Waals surface area contributed by atoms with Gasteiger partial charge in [-0.15, -0.1) is 11.8 Å². The van der Waals surface area contributed by atoms with E-state index in [2.05, 4.69) is 36.5 Å². The zero-order valence-electron chi connectivity index (χ0n) is 12.6. The van der Waals surface area contributed by atoms with Gasteiger partial charge < -0.3 is 5.32 Å². The Balaban J connectivity index is 1.78. The summed E-state index contributed by atoms with van der Waals surface area (Å²) in [5.41, 5.74) is 3.44. The van der Waals surface area contributed by atoms with Crippen LogP contribution in [0.4, 0.5) is 5.69 Å². The first kappa shape index (κ1) is 15.6. The predicted octanol–water partition coefficient (Wildman–Crippen LogP) is 4.68. The lowest BCUT2D eigenvalue weighted by Gasteiger charge is -2.07. The van der Waals surface area contributed by atoms with E-state index in [1.165, 1.54) is 11.1 Å². The van der Waals surface area contributed by atoms with Crippen molar-refractivity contribution in [1.82, 2.24) is 0 Å². The van der Waals surface area contributed by atoms with Gasteiger partial charge in [0.2, 0.25) is 5.91 Å². The normalized spacial score (nSPS) is 10.4. The van der Waals surface area contributed by atoms with Crippen molar-refractivity contribution in [3.63, 3.8) is 0 Å². The number of rotatable bonds is 6. The fourth-order valence-electron chi connectivity index (χ4n) is 2.13. The number of thioether (sulfide) groups is 1. The zero-order chi connectivity index (χ0) is 15.1. The van der Waals surface area contributed by atoms with Crippen LogP contribution in [0.2, 0.25) is 0 Å². The van der Waals surface area contributed by atoms with Gasteiger partial charge in [0.25, 0.3) is 0 Å². The van der Waals surface area contributed by atoms with E-state index in [1.807, 2.05) is 30.5 Å². The van der Waals surface area contributed by atoms with E-state index in [4.69, 9.17) is 0 Å². The molecule has 0 unspecified atom stereocenters. The third kappa shape index (κ3) is 5.27. The summed E-state index contributed by atoms with van der Waals surface area (Å²) in [6, 6.07) is 16.4. The molecule has 0 fully saturated rings. The highest BCUT2D eigenvalue weighted by atomic mass is 32.2. The van der Waals surface area contributed by atoms with E-state index in [9.17, 15) is 4.79 Å². The van der Waals surface area contributed by atoms with Crippen LogP contribution in [0, 0.1) is 6.92 Å². The molecule has 2 aromatic carbocycles. The molecule has 0 heterocycles. The van der Waals surface area contributed by atoms with Gasteiger partial charge in [-0.1, -0.05) is 35.9 Å². The number of hydrogen-bond acceptors (Lipinski definition) is 2. The fourth-order valence-corrected chi connectivity index (χ4v) is 2.59. The molecule has 0 atom stereocenters. The number of carbonyl (C=O) groups excluding carboxylic acids is 1. The molecule has 0 radical (unpaired) electrons. The number of nitrogens with one attached hydrogen (secondary N) is 1. The van der Waals surface area contributed by atoms with Gasteiger partial charge in [-0.05, 0) is 49.8 Å². The summed E-state index contributed by atoms with van der Waals surface area (Å²) in [6.07, 6.45) is 4.40. The molecular weight excluding hydrogens is 278 g/mol. The van der Waals surface area contributed by atoms with Gasteiger partial charge in [-0.25, -0.2) is 0 Å². The van der Waals surface area contributed by atoms with E-state index in [1.54, 1.807) is 11.8 Å². The Kier molecular flexibility index (Phi) is 5.88. The van der Waals surface area contributed by atoms with Gasteiger partial charge in [-0.2, -0.15) is 0 Å². The van der Waals surface area contributed by atoms with Crippen LogP contribution in [0.3, 0.4) is 0 Å². The number of carbonyl (C=O) groups is 1. The topological polar surface area (TPSA) is 29.1 Å². The largest absolute Gasteiger partial charge is 0.326 e. The minimum atomic E-state index is 0.0837. The Labute approximate surface area is 131 Å². The monoisotopic (exact) mass is 299 g/mol. The number of amides is 1. The van der Waals surface area contributed by atoms with Crippen molar-refractivity contribution in [2.75, 3.05) is 11.6 Å². The zero-order valence-corrected chi connectivity index (χ0v) is 13.4. The van der Waals surface area contributed by atoms with Crippen LogP contribution in [0.1, 0.15) is 24.0 Å². The molecule has 1 amide bonds. The van der Waals surface area contributed by atoms with E-state index < -0.39 is 0 Å². The molecule has 0 aromatic heterocycles. The average Bonchev–Trinajstić information content (AvgIpc) is 2.49. The maximum absolute atomic E-state index is 11.9. The molecule has 21 heavy (non-hydrogen) atoms. The Bertz CT molecular complexity index is 592. The second kappa shape index (κ2) is 7.89. The summed E-state index contributed by atoms with van der Waals surface area (Å²) in [5.74, 6) is 0.0837. The highest BCUT2D eigenvalue weighted by molar-refractivity contribution is 7.98. The van der Waals surface area contributed by atoms with Crippen molar-refractivity contribution in [3.8, 4) is 0 Å². The smallest absolute Gasteiger partial charge is 0.224 e. The highest BCUT2D eigenvalue weighted by Crippen LogP contribution is 2.19. The molecule has 0 bridgehead atoms. The molecule has 0 aliphatic carbocycles. The van der Waals surface area contributed by atoms with Crippen LogP contribution in [0.5, 0.6) is 0 Å². The standard InChI is InChI=1S/C18H21NOS/c1-14-9-11-15(12-10-14)5-3-8-18(20)19-16-6-4-7-17(13-16)21-2/h4,6-7,9-13H,3,5,8H2,1-2H3,(H,19,20). The Hall–Kier alpha value is -1.74. The Morgan fingerprint density at radius 3 is 2.62 bits per heavy atom. The van der Waals surface area contributed by atoms with Crippen molar-refractivity contribution in [1.29, 1.82) is 0 Å². The van der Waals surface area contributed by atoms with Crippen molar-refractivity contribution in [2.24, 2.45) is 0 Å². The molecule has 0 saturated carbocycles. The van der Waals surface area contributed by atoms with Gasteiger partial charge in [0.1, 0.15) is 0 Å². The van der Waals surface area contributed by atoms with Crippen LogP contribution < -0.4 is 5.32 Å². The molecule has 0 aliphatic heterocycles. The first-order chi connectivity index (χ1) is 10.2. The number of aryl methyl sites for hydroxylation is 2. The summed E-state index contributed by atoms with van der Waals surface area (Å²) in [4.78, 5) is 13.1. The third-order valence-corrected chi connectivity index (χ3v) is 4.07. The lowest BCUT2D eigenvalue weighted by molar-refractivity contribution is -0.116. The summed E-state index contributed by atoms with van der Waals surface area (Å²) in [6.45, 7) is 2.08. The van der Waals surface area contributed by atoms with Crippen molar-refractivity contribution in [2.45, 2.75) is 31.1 Å². The van der Waals surface area contributed by atoms with Crippen LogP contribution in [-0.4, -0.2) is 12.2 Å². The molecule has 0 aliphatic rings. The lowest BCUT2D eigenvalue weighted by atomic mass is 10.1. The molecule has 2 rings (SSSR count). The fraction of sp³-hybridized carbons (Fsp3) is 0.278. The molecule has 3 heteroatoms. The van der Waals surface area contributed by atoms with Gasteiger partial charge in [0.15, 0.2) is 0 Å². The summed E-state index contributed by atoms with van der Waals surface area (Å²) < 4.78 is 0. The number of benzene rings is 2. The van der Waals surface area contributed by atoms with E-state index in [0.717, 1.165) is 23.4 Å². The molecule has 1 N–H and O–H groups in total. The number of anilines is 1. The van der Waals surface area contributed by atoms with Crippen LogP contribution in [0.25, 0.3) is 0 Å². The summed E-state index contributed by atoms with van der Waals surface area (Å²) >= 11 is 1.68. The van der Waals surface area contributed by atoms with Crippen molar-refractivity contribution in [3.05, 3.63) is 59.7 Å². The maximum Gasteiger partial charge on any atom is 0.224 e. The summed E-state index contributed by atoms with van der Waals surface area (Å²) in [5, 5.41) is 2.96. The van der Waals surface area contributed by atoms with Crippen molar-refractivity contribution >= 4 is 23.4 Å².